The van der Waals surface area contributed by atoms with Crippen molar-refractivity contribution < 1.29 is 28.3 Å². The molecule has 5 rings (SSSR count). The average molecular weight is 510 g/mol. The number of carbonyl (C=O) groups excluding carboxylic acids is 3. The molecule has 1 unspecified atom stereocenters. The molecule has 2 atom stereocenters. The van der Waals surface area contributed by atoms with Gasteiger partial charge >= 0.3 is 6.09 Å². The fourth-order valence-electron chi connectivity index (χ4n) is 4.70. The third kappa shape index (κ3) is 5.35. The summed E-state index contributed by atoms with van der Waals surface area (Å²) in [6, 6.07) is 14.2. The number of nitrogens with zero attached hydrogens (tertiary/aromatic N) is 4. The predicted octanol–water partition coefficient (Wildman–Crippen LogP) is 2.13. The summed E-state index contributed by atoms with van der Waals surface area (Å²) in [6.45, 7) is 3.60. The first-order chi connectivity index (χ1) is 17.9. The zero-order chi connectivity index (χ0) is 25.9. The molecule has 194 valence electrons. The van der Waals surface area contributed by atoms with E-state index >= 15 is 4.39 Å². The van der Waals surface area contributed by atoms with Gasteiger partial charge in [0, 0.05) is 39.5 Å². The minimum atomic E-state index is -0.646. The van der Waals surface area contributed by atoms with E-state index in [0.717, 1.165) is 11.3 Å². The minimum Gasteiger partial charge on any atom is -0.442 e. The zero-order valence-corrected chi connectivity index (χ0v) is 20.4. The maximum Gasteiger partial charge on any atom is 0.414 e. The fourth-order valence-corrected chi connectivity index (χ4v) is 4.70. The van der Waals surface area contributed by atoms with Gasteiger partial charge < -0.3 is 24.7 Å². The molecule has 37 heavy (non-hydrogen) atoms. The number of halogens is 1. The van der Waals surface area contributed by atoms with Crippen molar-refractivity contribution in [1.82, 2.24) is 10.2 Å². The first-order valence-electron chi connectivity index (χ1n) is 12.2. The molecule has 0 aromatic heterocycles. The van der Waals surface area contributed by atoms with Crippen LogP contribution < -0.4 is 15.1 Å². The monoisotopic (exact) mass is 509 g/mol. The van der Waals surface area contributed by atoms with E-state index in [1.807, 2.05) is 35.2 Å². The summed E-state index contributed by atoms with van der Waals surface area (Å²) in [6.07, 6.45) is -1.30. The van der Waals surface area contributed by atoms with Gasteiger partial charge in [0.2, 0.25) is 12.0 Å². The van der Waals surface area contributed by atoms with Gasteiger partial charge in [-0.1, -0.05) is 35.5 Å². The Labute approximate surface area is 213 Å². The number of anilines is 2. The Morgan fingerprint density at radius 2 is 1.86 bits per heavy atom. The highest BCUT2D eigenvalue weighted by atomic mass is 19.1. The van der Waals surface area contributed by atoms with Crippen LogP contribution in [0.2, 0.25) is 0 Å². The molecular formula is C26H28FN5O5. The highest BCUT2D eigenvalue weighted by molar-refractivity contribution is 6.04. The number of benzene rings is 2. The number of carbonyl (C=O) groups is 3. The number of hydrogen-bond acceptors (Lipinski definition) is 7. The third-order valence-electron chi connectivity index (χ3n) is 6.68. The molecule has 0 saturated carbocycles. The van der Waals surface area contributed by atoms with Gasteiger partial charge in [-0.05, 0) is 23.8 Å². The molecule has 3 heterocycles. The van der Waals surface area contributed by atoms with Crippen molar-refractivity contribution in [2.24, 2.45) is 5.16 Å². The van der Waals surface area contributed by atoms with Gasteiger partial charge in [-0.3, -0.25) is 14.5 Å². The van der Waals surface area contributed by atoms with Crippen LogP contribution in [0, 0.1) is 5.82 Å². The second-order valence-electron chi connectivity index (χ2n) is 9.20. The van der Waals surface area contributed by atoms with Gasteiger partial charge in [-0.25, -0.2) is 9.18 Å². The lowest BCUT2D eigenvalue weighted by Crippen LogP contribution is -2.51. The van der Waals surface area contributed by atoms with Gasteiger partial charge in [-0.2, -0.15) is 0 Å². The minimum absolute atomic E-state index is 0.119. The van der Waals surface area contributed by atoms with E-state index in [1.165, 1.54) is 17.9 Å². The van der Waals surface area contributed by atoms with E-state index in [9.17, 15) is 14.4 Å². The molecule has 3 aliphatic heterocycles. The summed E-state index contributed by atoms with van der Waals surface area (Å²) in [5.41, 5.74) is 2.48. The van der Waals surface area contributed by atoms with E-state index < -0.39 is 24.1 Å². The van der Waals surface area contributed by atoms with E-state index in [1.54, 1.807) is 17.0 Å². The quantitative estimate of drug-likeness (QED) is 0.640. The van der Waals surface area contributed by atoms with Gasteiger partial charge in [-0.15, -0.1) is 0 Å². The van der Waals surface area contributed by atoms with Crippen molar-refractivity contribution in [1.29, 1.82) is 0 Å². The predicted molar refractivity (Wildman–Crippen MR) is 134 cm³/mol. The van der Waals surface area contributed by atoms with Gasteiger partial charge in [0.15, 0.2) is 0 Å². The molecule has 10 nitrogen and oxygen atoms in total. The molecular weight excluding hydrogens is 481 g/mol. The molecule has 0 bridgehead atoms. The summed E-state index contributed by atoms with van der Waals surface area (Å²) in [5.74, 6) is -0.797. The second-order valence-corrected chi connectivity index (χ2v) is 9.20. The van der Waals surface area contributed by atoms with E-state index in [4.69, 9.17) is 9.57 Å². The van der Waals surface area contributed by atoms with Gasteiger partial charge in [0.05, 0.1) is 30.2 Å². The van der Waals surface area contributed by atoms with E-state index in [2.05, 4.69) is 10.5 Å². The molecule has 2 saturated heterocycles. The van der Waals surface area contributed by atoms with Crippen LogP contribution in [0.3, 0.4) is 0 Å². The molecule has 3 amide bonds. The molecule has 2 fully saturated rings. The van der Waals surface area contributed by atoms with Crippen LogP contribution in [0.25, 0.3) is 0 Å². The number of amides is 3. The number of cyclic esters (lactones) is 1. The molecule has 0 radical (unpaired) electrons. The topological polar surface area (TPSA) is 104 Å². The number of oxime groups is 1. The van der Waals surface area contributed by atoms with Gasteiger partial charge in [0.1, 0.15) is 11.9 Å². The van der Waals surface area contributed by atoms with Gasteiger partial charge in [0.25, 0.3) is 5.91 Å². The van der Waals surface area contributed by atoms with Crippen LogP contribution in [0.1, 0.15) is 18.9 Å². The Morgan fingerprint density at radius 1 is 1.11 bits per heavy atom. The van der Waals surface area contributed by atoms with Crippen molar-refractivity contribution in [2.75, 3.05) is 49.1 Å². The van der Waals surface area contributed by atoms with Crippen LogP contribution in [0.4, 0.5) is 20.6 Å². The second kappa shape index (κ2) is 10.5. The largest absolute Gasteiger partial charge is 0.442 e. The Balaban J connectivity index is 1.15. The lowest BCUT2D eigenvalue weighted by Gasteiger charge is -2.37. The molecule has 0 spiro atoms. The summed E-state index contributed by atoms with van der Waals surface area (Å²) < 4.78 is 20.3. The highest BCUT2D eigenvalue weighted by Gasteiger charge is 2.35. The number of nitrogens with one attached hydrogen (secondary N) is 1. The smallest absolute Gasteiger partial charge is 0.414 e. The summed E-state index contributed by atoms with van der Waals surface area (Å²) >= 11 is 0. The number of ether oxygens (including phenoxy) is 1. The summed E-state index contributed by atoms with van der Waals surface area (Å²) in [5, 5.41) is 6.72. The van der Waals surface area contributed by atoms with Crippen molar-refractivity contribution >= 4 is 35.0 Å². The average Bonchev–Trinajstić information content (AvgIpc) is 3.55. The zero-order valence-electron chi connectivity index (χ0n) is 20.4. The first kappa shape index (κ1) is 24.5. The summed E-state index contributed by atoms with van der Waals surface area (Å²) in [4.78, 5) is 46.7. The van der Waals surface area contributed by atoms with Crippen molar-refractivity contribution in [2.45, 2.75) is 25.6 Å². The maximum absolute atomic E-state index is 15.1. The van der Waals surface area contributed by atoms with Crippen LogP contribution in [0.15, 0.2) is 53.7 Å². The summed E-state index contributed by atoms with van der Waals surface area (Å²) in [7, 11) is 0. The van der Waals surface area contributed by atoms with E-state index in [0.29, 0.717) is 44.0 Å². The lowest BCUT2D eigenvalue weighted by atomic mass is 10.0. The Hall–Kier alpha value is -4.15. The molecule has 11 heteroatoms. The Bertz CT molecular complexity index is 1220. The standard InChI is InChI=1S/C26H28FN5O5/c1-17(33)28-15-20-16-32(26(35)36-20)19-7-8-23(21(27)13-19)30-9-11-31(12-10-30)25(34)24-14-22(29-37-24)18-5-3-2-4-6-18/h2-8,13,20,24H,9-12,14-16H2,1H3,(H,28,33)/t20-,24?/m0/s1. The third-order valence-corrected chi connectivity index (χ3v) is 6.68. The van der Waals surface area contributed by atoms with Crippen LogP contribution in [0.5, 0.6) is 0 Å². The number of rotatable bonds is 6. The number of hydrogen-bond donors (Lipinski definition) is 1. The molecule has 0 aliphatic carbocycles. The van der Waals surface area contributed by atoms with Crippen LogP contribution in [-0.4, -0.2) is 80.0 Å². The van der Waals surface area contributed by atoms with Crippen LogP contribution >= 0.6 is 0 Å². The lowest BCUT2D eigenvalue weighted by molar-refractivity contribution is -0.142. The first-order valence-corrected chi connectivity index (χ1v) is 12.2. The molecule has 1 N–H and O–H groups in total. The maximum atomic E-state index is 15.1. The highest BCUT2D eigenvalue weighted by Crippen LogP contribution is 2.29. The SMILES string of the molecule is CC(=O)NC[C@H]1CN(c2ccc(N3CCN(C(=O)C4CC(c5ccccc5)=NO4)CC3)c(F)c2)C(=O)O1. The Morgan fingerprint density at radius 3 is 2.57 bits per heavy atom. The van der Waals surface area contributed by atoms with Crippen molar-refractivity contribution in [3.8, 4) is 0 Å². The Kier molecular flexibility index (Phi) is 6.93. The fraction of sp³-hybridized carbons (Fsp3) is 0.385. The molecule has 3 aliphatic rings. The number of piperazine rings is 1. The normalized spacial score (nSPS) is 21.4. The molecule has 2 aromatic rings. The van der Waals surface area contributed by atoms with Crippen LogP contribution in [-0.2, 0) is 19.2 Å². The van der Waals surface area contributed by atoms with Crippen molar-refractivity contribution in [3.05, 3.63) is 59.9 Å². The van der Waals surface area contributed by atoms with E-state index in [-0.39, 0.29) is 24.9 Å². The molecule has 2 aromatic carbocycles. The van der Waals surface area contributed by atoms with Crippen molar-refractivity contribution in [3.63, 3.8) is 0 Å².